The molecule has 0 heterocycles. The fraction of sp³-hybridized carbons (Fsp3) is 0.945. The zero-order valence-electron chi connectivity index (χ0n) is 59.3. The minimum atomic E-state index is -0.640. The average Bonchev–Trinajstić information content (AvgIpc) is 1.65. The fourth-order valence-corrected chi connectivity index (χ4v) is 13.5. The van der Waals surface area contributed by atoms with Gasteiger partial charge in [0, 0.05) is 87.0 Å². The molecule has 0 aromatic carbocycles. The van der Waals surface area contributed by atoms with Gasteiger partial charge in [-0.3, -0.25) is 19.2 Å². The van der Waals surface area contributed by atoms with E-state index in [9.17, 15) is 19.2 Å². The highest BCUT2D eigenvalue weighted by molar-refractivity contribution is 5.70. The maximum Gasteiger partial charge on any atom is 0.305 e. The minimum absolute atomic E-state index is 0.110. The van der Waals surface area contributed by atoms with E-state index < -0.39 is 40.5 Å². The molecule has 0 N–H and O–H groups in total. The molecule has 2 saturated carbocycles. The molecular formula is C73H139NO14. The summed E-state index contributed by atoms with van der Waals surface area (Å²) in [6.07, 6.45) is 29.9. The van der Waals surface area contributed by atoms with Gasteiger partial charge < -0.3 is 52.3 Å². The van der Waals surface area contributed by atoms with Crippen molar-refractivity contribution in [3.05, 3.63) is 0 Å². The molecule has 2 unspecified atom stereocenters. The van der Waals surface area contributed by atoms with Crippen molar-refractivity contribution < 1.29 is 66.5 Å². The third-order valence-corrected chi connectivity index (χ3v) is 17.5. The molecule has 520 valence electrons. The lowest BCUT2D eigenvalue weighted by molar-refractivity contribution is -0.198. The molecule has 2 atom stereocenters. The van der Waals surface area contributed by atoms with E-state index in [-0.39, 0.29) is 69.6 Å². The van der Waals surface area contributed by atoms with Gasteiger partial charge in [0.15, 0.2) is 18.9 Å². The zero-order valence-corrected chi connectivity index (χ0v) is 59.3. The van der Waals surface area contributed by atoms with Crippen molar-refractivity contribution in [2.75, 3.05) is 85.7 Å². The number of nitrogens with zero attached hydrogens (tertiary/aromatic N) is 1. The maximum atomic E-state index is 14.1. The highest BCUT2D eigenvalue weighted by atomic mass is 16.7. The van der Waals surface area contributed by atoms with E-state index in [0.717, 1.165) is 174 Å². The number of hydrogen-bond acceptors (Lipinski definition) is 15. The van der Waals surface area contributed by atoms with Gasteiger partial charge in [-0.1, -0.05) is 199 Å². The quantitative estimate of drug-likeness (QED) is 0.0244. The number of esters is 4. The summed E-state index contributed by atoms with van der Waals surface area (Å²) in [5.74, 6) is -1.22. The van der Waals surface area contributed by atoms with E-state index in [1.165, 1.54) is 0 Å². The van der Waals surface area contributed by atoms with Gasteiger partial charge in [-0.15, -0.1) is 0 Å². The number of unbranched alkanes of at least 4 members (excludes halogenated alkanes) is 18. The Labute approximate surface area is 540 Å². The predicted molar refractivity (Wildman–Crippen MR) is 356 cm³/mol. The van der Waals surface area contributed by atoms with Crippen LogP contribution >= 0.6 is 0 Å². The van der Waals surface area contributed by atoms with Crippen LogP contribution in [0.5, 0.6) is 0 Å². The van der Waals surface area contributed by atoms with E-state index >= 15 is 0 Å². The molecule has 2 rings (SSSR count). The Balaban J connectivity index is 0.0000191. The molecule has 2 aliphatic carbocycles. The van der Waals surface area contributed by atoms with Gasteiger partial charge in [-0.25, -0.2) is 0 Å². The van der Waals surface area contributed by atoms with Crippen LogP contribution in [0.15, 0.2) is 0 Å². The molecule has 15 heteroatoms. The van der Waals surface area contributed by atoms with E-state index in [1.54, 1.807) is 0 Å². The van der Waals surface area contributed by atoms with Crippen LogP contribution in [0.1, 0.15) is 321 Å². The summed E-state index contributed by atoms with van der Waals surface area (Å²) in [7, 11) is 0. The molecule has 0 aliphatic heterocycles. The average molecular weight is 1250 g/mol. The minimum Gasteiger partial charge on any atom is -0.465 e. The predicted octanol–water partition coefficient (Wildman–Crippen LogP) is 18.2. The van der Waals surface area contributed by atoms with Crippen molar-refractivity contribution in [1.82, 2.24) is 4.90 Å². The normalized spacial score (nSPS) is 20.0. The first kappa shape index (κ1) is 83.6. The summed E-state index contributed by atoms with van der Waals surface area (Å²) in [6.45, 7) is 32.4. The molecule has 0 aromatic rings. The Morgan fingerprint density at radius 3 is 0.830 bits per heavy atom. The molecule has 0 saturated heterocycles. The van der Waals surface area contributed by atoms with Crippen molar-refractivity contribution >= 4 is 23.9 Å². The van der Waals surface area contributed by atoms with Gasteiger partial charge in [0.25, 0.3) is 0 Å². The second-order valence-electron chi connectivity index (χ2n) is 26.8. The monoisotopic (exact) mass is 1250 g/mol. The van der Waals surface area contributed by atoms with Crippen LogP contribution in [-0.2, 0) is 66.5 Å². The lowest BCUT2D eigenvalue weighted by Crippen LogP contribution is -2.58. The van der Waals surface area contributed by atoms with E-state index in [4.69, 9.17) is 47.4 Å². The summed E-state index contributed by atoms with van der Waals surface area (Å²) >= 11 is 0. The Kier molecular flexibility index (Phi) is 50.4. The molecule has 15 nitrogen and oxygen atoms in total. The smallest absolute Gasteiger partial charge is 0.305 e. The topological polar surface area (TPSA) is 164 Å². The van der Waals surface area contributed by atoms with Crippen LogP contribution in [0.3, 0.4) is 0 Å². The van der Waals surface area contributed by atoms with Gasteiger partial charge >= 0.3 is 23.9 Å². The van der Waals surface area contributed by atoms with E-state index in [2.05, 4.69) is 74.1 Å². The van der Waals surface area contributed by atoms with Crippen LogP contribution < -0.4 is 0 Å². The number of rotatable bonds is 59. The maximum absolute atomic E-state index is 14.1. The SMILES string of the molecule is CC.CCCCCCOC(CCC(=O)OCC1(C)CC2(COC(=O)CCC(OCCCCCC)OCCCCCC)CC(C)(COC(=O)CCCN(CC)CC)CC(COC(=O)CCC(OCCCCCC)OCCCCCC)(C1)C2)OCCCCCC. The fourth-order valence-electron chi connectivity index (χ4n) is 13.5. The first-order valence-electron chi connectivity index (χ1n) is 36.6. The summed E-state index contributed by atoms with van der Waals surface area (Å²) < 4.78 is 62.9. The number of carbonyl (C=O) groups is 4. The van der Waals surface area contributed by atoms with Gasteiger partial charge in [-0.2, -0.15) is 0 Å². The van der Waals surface area contributed by atoms with Crippen molar-refractivity contribution in [3.8, 4) is 0 Å². The molecule has 88 heavy (non-hydrogen) atoms. The molecule has 2 fully saturated rings. The summed E-state index contributed by atoms with van der Waals surface area (Å²) in [5.41, 5.74) is -2.43. The Morgan fingerprint density at radius 1 is 0.330 bits per heavy atom. The Morgan fingerprint density at radius 2 is 0.580 bits per heavy atom. The van der Waals surface area contributed by atoms with Crippen molar-refractivity contribution in [2.24, 2.45) is 21.7 Å². The lowest BCUT2D eigenvalue weighted by Gasteiger charge is -2.62. The van der Waals surface area contributed by atoms with Crippen molar-refractivity contribution in [1.29, 1.82) is 0 Å². The van der Waals surface area contributed by atoms with Crippen molar-refractivity contribution in [3.63, 3.8) is 0 Å². The van der Waals surface area contributed by atoms with Gasteiger partial charge in [0.1, 0.15) is 0 Å². The molecular weight excluding hydrogens is 1110 g/mol. The van der Waals surface area contributed by atoms with Crippen LogP contribution in [0.2, 0.25) is 0 Å². The first-order chi connectivity index (χ1) is 42.6. The molecule has 0 amide bonds. The van der Waals surface area contributed by atoms with Gasteiger partial charge in [-0.05, 0) is 96.7 Å². The second kappa shape index (κ2) is 53.0. The highest BCUT2D eigenvalue weighted by Crippen LogP contribution is 2.66. The Hall–Kier alpha value is -2.40. The number of carbonyl (C=O) groups excluding carboxylic acids is 4. The highest BCUT2D eigenvalue weighted by Gasteiger charge is 2.61. The summed E-state index contributed by atoms with van der Waals surface area (Å²) in [4.78, 5) is 58.1. The van der Waals surface area contributed by atoms with Crippen LogP contribution in [0.4, 0.5) is 0 Å². The number of fused-ring (bicyclic) bond motifs is 2. The third-order valence-electron chi connectivity index (χ3n) is 17.5. The van der Waals surface area contributed by atoms with Crippen LogP contribution in [-0.4, -0.2) is 133 Å². The van der Waals surface area contributed by atoms with Crippen molar-refractivity contribution in [2.45, 2.75) is 340 Å². The summed E-state index contributed by atoms with van der Waals surface area (Å²) in [6, 6.07) is 0. The third kappa shape index (κ3) is 40.6. The molecule has 2 aliphatic rings. The lowest BCUT2D eigenvalue weighted by atomic mass is 9.44. The standard InChI is InChI=1S/C71H133NO14.C2H6/c1-11-19-25-31-46-77-65(78-47-32-26-20-12-2)42-39-62(74)84-58-69(10)54-70(59-85-63(75)40-43-66(79-48-33-27-21-13-3)80-49-34-28-22-14-4)52-68(9,57-83-61(73)38-37-45-72(17-7)18-8)53-71(55-69,56-70)60-86-64(76)41-44-67(81-50-35-29-23-15-5)82-51-36-30-24-16-6;1-2/h65-67H,11-60H2,1-10H3;1-2H3. The summed E-state index contributed by atoms with van der Waals surface area (Å²) in [5, 5.41) is 0. The number of ether oxygens (including phenoxy) is 10. The second-order valence-corrected chi connectivity index (χ2v) is 26.8. The molecule has 0 aromatic heterocycles. The van der Waals surface area contributed by atoms with Crippen LogP contribution in [0, 0.1) is 21.7 Å². The number of hydrogen-bond donors (Lipinski definition) is 0. The first-order valence-corrected chi connectivity index (χ1v) is 36.6. The van der Waals surface area contributed by atoms with Gasteiger partial charge in [0.05, 0.1) is 45.7 Å². The molecule has 0 spiro atoms. The molecule has 0 radical (unpaired) electrons. The molecule has 2 bridgehead atoms. The largest absolute Gasteiger partial charge is 0.465 e. The van der Waals surface area contributed by atoms with Gasteiger partial charge in [0.2, 0.25) is 0 Å². The Bertz CT molecular complexity index is 1580. The van der Waals surface area contributed by atoms with E-state index in [1.807, 2.05) is 13.8 Å². The van der Waals surface area contributed by atoms with Crippen LogP contribution in [0.25, 0.3) is 0 Å². The van der Waals surface area contributed by atoms with E-state index in [0.29, 0.717) is 104 Å². The zero-order chi connectivity index (χ0) is 65.0.